The number of nitrogens with zero attached hydrogens (tertiary/aromatic N) is 4. The highest BCUT2D eigenvalue weighted by Crippen LogP contribution is 2.32. The summed E-state index contributed by atoms with van der Waals surface area (Å²) in [5.74, 6) is 0. The predicted molar refractivity (Wildman–Crippen MR) is 61.3 cm³/mol. The van der Waals surface area contributed by atoms with Crippen LogP contribution in [0.2, 0.25) is 0 Å². The highest BCUT2D eigenvalue weighted by atomic mass is 16.5. The van der Waals surface area contributed by atoms with E-state index in [0.29, 0.717) is 0 Å². The number of likely N-dealkylation sites (N-methyl/N-ethyl adjacent to an activating group) is 2. The summed E-state index contributed by atoms with van der Waals surface area (Å²) in [6, 6.07) is -0.320. The van der Waals surface area contributed by atoms with E-state index < -0.39 is 0 Å². The first-order valence-corrected chi connectivity index (χ1v) is 5.59. The second-order valence-corrected chi connectivity index (χ2v) is 4.39. The summed E-state index contributed by atoms with van der Waals surface area (Å²) >= 11 is 0. The first-order valence-electron chi connectivity index (χ1n) is 5.59. The van der Waals surface area contributed by atoms with Crippen LogP contribution in [0.15, 0.2) is 0 Å². The molecule has 0 aromatic heterocycles. The first kappa shape index (κ1) is 12.9. The fourth-order valence-corrected chi connectivity index (χ4v) is 2.55. The van der Waals surface area contributed by atoms with E-state index in [1.54, 1.807) is 14.1 Å². The molecule has 0 aromatic rings. The molecule has 2 atom stereocenters. The number of methoxy groups -OCH3 is 2. The van der Waals surface area contributed by atoms with Crippen LogP contribution in [-0.4, -0.2) is 85.8 Å². The maximum absolute atomic E-state index is 12.2. The Hall–Kier alpha value is -1.54. The predicted octanol–water partition coefficient (Wildman–Crippen LogP) is -0.419. The van der Waals surface area contributed by atoms with Crippen molar-refractivity contribution in [2.75, 3.05) is 41.8 Å². The van der Waals surface area contributed by atoms with Gasteiger partial charge in [-0.2, -0.15) is 0 Å². The zero-order chi connectivity index (χ0) is 13.4. The molecule has 2 aliphatic rings. The molecule has 8 heteroatoms. The largest absolute Gasteiger partial charge is 0.364 e. The number of hydrogen-bond acceptors (Lipinski definition) is 4. The molecule has 4 amide bonds. The Bertz CT molecular complexity index is 334. The molecule has 0 bridgehead atoms. The van der Waals surface area contributed by atoms with Crippen LogP contribution in [0.25, 0.3) is 0 Å². The average molecular weight is 258 g/mol. The summed E-state index contributed by atoms with van der Waals surface area (Å²) in [5, 5.41) is 0. The highest BCUT2D eigenvalue weighted by molar-refractivity contribution is 5.84. The van der Waals surface area contributed by atoms with Gasteiger partial charge in [-0.15, -0.1) is 0 Å². The van der Waals surface area contributed by atoms with E-state index in [4.69, 9.17) is 9.47 Å². The minimum absolute atomic E-state index is 0.125. The van der Waals surface area contributed by atoms with E-state index in [0.717, 1.165) is 0 Å². The van der Waals surface area contributed by atoms with Crippen molar-refractivity contribution in [3.8, 4) is 0 Å². The van der Waals surface area contributed by atoms with Crippen LogP contribution in [-0.2, 0) is 9.47 Å². The van der Waals surface area contributed by atoms with Gasteiger partial charge in [0.05, 0.1) is 0 Å². The Morgan fingerprint density at radius 3 is 1.61 bits per heavy atom. The molecule has 0 N–H and O–H groups in total. The molecule has 2 fully saturated rings. The van der Waals surface area contributed by atoms with Crippen molar-refractivity contribution in [2.24, 2.45) is 0 Å². The van der Waals surface area contributed by atoms with Gasteiger partial charge in [-0.3, -0.25) is 9.80 Å². The van der Waals surface area contributed by atoms with Gasteiger partial charge >= 0.3 is 12.1 Å². The lowest BCUT2D eigenvalue weighted by molar-refractivity contribution is 0.0370. The lowest BCUT2D eigenvalue weighted by atomic mass is 10.3. The van der Waals surface area contributed by atoms with Crippen molar-refractivity contribution < 1.29 is 19.1 Å². The SMILES string of the molecule is COCN1C(=O)N(COC)C2C1N(C)C(=O)N2C. The topological polar surface area (TPSA) is 65.6 Å². The fraction of sp³-hybridized carbons (Fsp3) is 0.800. The van der Waals surface area contributed by atoms with Gasteiger partial charge < -0.3 is 19.3 Å². The number of ether oxygens (including phenoxy) is 2. The third kappa shape index (κ3) is 1.60. The lowest BCUT2D eigenvalue weighted by Gasteiger charge is -2.25. The van der Waals surface area contributed by atoms with E-state index in [1.165, 1.54) is 33.8 Å². The van der Waals surface area contributed by atoms with E-state index in [9.17, 15) is 9.59 Å². The van der Waals surface area contributed by atoms with Crippen molar-refractivity contribution in [3.63, 3.8) is 0 Å². The number of hydrogen-bond donors (Lipinski definition) is 0. The maximum atomic E-state index is 12.2. The van der Waals surface area contributed by atoms with Gasteiger partial charge in [0.1, 0.15) is 13.5 Å². The Morgan fingerprint density at radius 2 is 1.28 bits per heavy atom. The summed E-state index contributed by atoms with van der Waals surface area (Å²) < 4.78 is 10.1. The maximum Gasteiger partial charge on any atom is 0.327 e. The van der Waals surface area contributed by atoms with Gasteiger partial charge in [0.2, 0.25) is 0 Å². The molecular weight excluding hydrogens is 240 g/mol. The Labute approximate surface area is 106 Å². The van der Waals surface area contributed by atoms with Gasteiger partial charge in [0.25, 0.3) is 0 Å². The second-order valence-electron chi connectivity index (χ2n) is 4.39. The van der Waals surface area contributed by atoms with Crippen LogP contribution in [0.4, 0.5) is 9.59 Å². The van der Waals surface area contributed by atoms with Crippen LogP contribution in [0.3, 0.4) is 0 Å². The highest BCUT2D eigenvalue weighted by Gasteiger charge is 2.56. The Balaban J connectivity index is 2.32. The first-order chi connectivity index (χ1) is 8.54. The molecule has 0 spiro atoms. The van der Waals surface area contributed by atoms with Crippen molar-refractivity contribution in [1.29, 1.82) is 0 Å². The number of urea groups is 2. The monoisotopic (exact) mass is 258 g/mol. The molecule has 18 heavy (non-hydrogen) atoms. The lowest BCUT2D eigenvalue weighted by Crippen LogP contribution is -2.45. The molecule has 2 heterocycles. The smallest absolute Gasteiger partial charge is 0.327 e. The fourth-order valence-electron chi connectivity index (χ4n) is 2.55. The van der Waals surface area contributed by atoms with Crippen molar-refractivity contribution in [3.05, 3.63) is 0 Å². The summed E-state index contributed by atoms with van der Waals surface area (Å²) in [5.41, 5.74) is 0. The molecule has 8 nitrogen and oxygen atoms in total. The summed E-state index contributed by atoms with van der Waals surface area (Å²) in [7, 11) is 6.38. The molecule has 0 radical (unpaired) electrons. The van der Waals surface area contributed by atoms with E-state index in [-0.39, 0.29) is 37.9 Å². The van der Waals surface area contributed by atoms with Crippen molar-refractivity contribution >= 4 is 12.1 Å². The molecule has 0 aliphatic carbocycles. The van der Waals surface area contributed by atoms with Crippen molar-refractivity contribution in [2.45, 2.75) is 12.3 Å². The van der Waals surface area contributed by atoms with E-state index in [2.05, 4.69) is 0 Å². The molecule has 2 saturated heterocycles. The minimum atomic E-state index is -0.343. The number of carbonyl (C=O) groups excluding carboxylic acids is 2. The molecule has 2 aliphatic heterocycles. The van der Waals surface area contributed by atoms with E-state index in [1.807, 2.05) is 0 Å². The molecule has 0 aromatic carbocycles. The molecule has 0 saturated carbocycles. The zero-order valence-corrected chi connectivity index (χ0v) is 11.0. The zero-order valence-electron chi connectivity index (χ0n) is 11.0. The van der Waals surface area contributed by atoms with Gasteiger partial charge in [0.15, 0.2) is 12.3 Å². The molecular formula is C10H18N4O4. The Kier molecular flexibility index (Phi) is 3.31. The summed E-state index contributed by atoms with van der Waals surface area (Å²) in [4.78, 5) is 30.3. The average Bonchev–Trinajstić information content (AvgIpc) is 2.73. The van der Waals surface area contributed by atoms with Crippen LogP contribution in [0, 0.1) is 0 Å². The third-order valence-corrected chi connectivity index (χ3v) is 3.33. The summed E-state index contributed by atoms with van der Waals surface area (Å²) in [6.07, 6.45) is -0.685. The van der Waals surface area contributed by atoms with Gasteiger partial charge in [0, 0.05) is 28.3 Å². The second kappa shape index (κ2) is 4.62. The summed E-state index contributed by atoms with van der Waals surface area (Å²) in [6.45, 7) is 0.289. The third-order valence-electron chi connectivity index (χ3n) is 3.33. The normalized spacial score (nSPS) is 27.6. The minimum Gasteiger partial charge on any atom is -0.364 e. The number of rotatable bonds is 4. The van der Waals surface area contributed by atoms with Crippen LogP contribution in [0.5, 0.6) is 0 Å². The quantitative estimate of drug-likeness (QED) is 0.687. The van der Waals surface area contributed by atoms with Gasteiger partial charge in [-0.25, -0.2) is 9.59 Å². The molecule has 2 unspecified atom stereocenters. The number of amides is 4. The van der Waals surface area contributed by atoms with Gasteiger partial charge in [-0.1, -0.05) is 0 Å². The van der Waals surface area contributed by atoms with Crippen LogP contribution < -0.4 is 0 Å². The van der Waals surface area contributed by atoms with E-state index >= 15 is 0 Å². The molecule has 2 rings (SSSR count). The molecule has 102 valence electrons. The number of carbonyl (C=O) groups is 2. The van der Waals surface area contributed by atoms with Crippen LogP contribution >= 0.6 is 0 Å². The van der Waals surface area contributed by atoms with Crippen LogP contribution in [0.1, 0.15) is 0 Å². The Morgan fingerprint density at radius 1 is 0.889 bits per heavy atom. The van der Waals surface area contributed by atoms with Crippen molar-refractivity contribution in [1.82, 2.24) is 19.6 Å². The van der Waals surface area contributed by atoms with Gasteiger partial charge in [-0.05, 0) is 0 Å². The number of fused-ring (bicyclic) bond motifs is 1. The standard InChI is InChI=1S/C10H18N4O4/c1-11-7-8(12(2)9(11)15)14(6-18-4)10(16)13(7)5-17-3/h7-8H,5-6H2,1-4H3.